The molecule has 1 rings (SSSR count). The first-order valence-electron chi connectivity index (χ1n) is 6.34. The van der Waals surface area contributed by atoms with Crippen LogP contribution in [0.25, 0.3) is 0 Å². The van der Waals surface area contributed by atoms with Gasteiger partial charge in [0, 0.05) is 32.1 Å². The molecular weight excluding hydrogens is 234 g/mol. The minimum absolute atomic E-state index is 0.0629. The fourth-order valence-electron chi connectivity index (χ4n) is 1.97. The van der Waals surface area contributed by atoms with Crippen molar-refractivity contribution in [3.05, 3.63) is 12.2 Å². The van der Waals surface area contributed by atoms with E-state index in [0.717, 1.165) is 19.3 Å². The summed E-state index contributed by atoms with van der Waals surface area (Å²) in [6.45, 7) is 3.23. The van der Waals surface area contributed by atoms with Crippen molar-refractivity contribution in [2.45, 2.75) is 38.8 Å². The van der Waals surface area contributed by atoms with Crippen LogP contribution >= 0.6 is 0 Å². The highest BCUT2D eigenvalue weighted by Crippen LogP contribution is 2.20. The second-order valence-corrected chi connectivity index (χ2v) is 4.10. The molecule has 0 aliphatic carbocycles. The third-order valence-corrected chi connectivity index (χ3v) is 2.86. The topological polar surface area (TPSA) is 55.8 Å². The number of likely N-dealkylation sites (tertiary alicyclic amines) is 1. The molecule has 0 radical (unpaired) electrons. The van der Waals surface area contributed by atoms with E-state index in [-0.39, 0.29) is 18.1 Å². The molecule has 1 heterocycles. The Hall–Kier alpha value is -1.36. The van der Waals surface area contributed by atoms with E-state index < -0.39 is 0 Å². The summed E-state index contributed by atoms with van der Waals surface area (Å²) in [6, 6.07) is 0. The molecule has 1 saturated heterocycles. The van der Waals surface area contributed by atoms with Crippen LogP contribution in [-0.4, -0.2) is 43.3 Å². The third-order valence-electron chi connectivity index (χ3n) is 2.86. The van der Waals surface area contributed by atoms with Crippen molar-refractivity contribution in [1.29, 1.82) is 0 Å². The normalized spacial score (nSPS) is 19.8. The number of rotatable bonds is 7. The van der Waals surface area contributed by atoms with Gasteiger partial charge in [-0.2, -0.15) is 0 Å². The van der Waals surface area contributed by atoms with Crippen molar-refractivity contribution in [2.24, 2.45) is 0 Å². The van der Waals surface area contributed by atoms with Crippen molar-refractivity contribution >= 4 is 11.9 Å². The molecule has 1 amide bonds. The van der Waals surface area contributed by atoms with Gasteiger partial charge in [-0.3, -0.25) is 4.79 Å². The minimum Gasteiger partial charge on any atom is -0.466 e. The fraction of sp³-hybridized carbons (Fsp3) is 0.692. The van der Waals surface area contributed by atoms with Crippen LogP contribution in [0.3, 0.4) is 0 Å². The first kappa shape index (κ1) is 14.7. The molecule has 0 aromatic carbocycles. The number of ether oxygens (including phenoxy) is 2. The van der Waals surface area contributed by atoms with Gasteiger partial charge in [0.15, 0.2) is 0 Å². The summed E-state index contributed by atoms with van der Waals surface area (Å²) < 4.78 is 10.00. The van der Waals surface area contributed by atoms with E-state index in [1.54, 1.807) is 11.0 Å². The average Bonchev–Trinajstić information content (AvgIpc) is 2.71. The summed E-state index contributed by atoms with van der Waals surface area (Å²) in [4.78, 5) is 24.2. The molecule has 5 heteroatoms. The Kier molecular flexibility index (Phi) is 6.43. The van der Waals surface area contributed by atoms with Gasteiger partial charge in [0.05, 0.1) is 7.11 Å². The van der Waals surface area contributed by atoms with Gasteiger partial charge < -0.3 is 14.4 Å². The second-order valence-electron chi connectivity index (χ2n) is 4.10. The van der Waals surface area contributed by atoms with Crippen molar-refractivity contribution < 1.29 is 19.1 Å². The monoisotopic (exact) mass is 255 g/mol. The minimum atomic E-state index is -0.348. The highest BCUT2D eigenvalue weighted by Gasteiger charge is 2.30. The molecule has 18 heavy (non-hydrogen) atoms. The van der Waals surface area contributed by atoms with Gasteiger partial charge in [-0.05, 0) is 19.8 Å². The molecule has 1 aliphatic heterocycles. The Balaban J connectivity index is 2.26. The van der Waals surface area contributed by atoms with Crippen LogP contribution in [0.2, 0.25) is 0 Å². The van der Waals surface area contributed by atoms with Crippen molar-refractivity contribution in [2.75, 3.05) is 20.3 Å². The number of carbonyl (C=O) groups is 2. The predicted octanol–water partition coefficient (Wildman–Crippen LogP) is 1.48. The number of hydrogen-bond donors (Lipinski definition) is 0. The van der Waals surface area contributed by atoms with Gasteiger partial charge >= 0.3 is 5.97 Å². The van der Waals surface area contributed by atoms with Crippen LogP contribution < -0.4 is 0 Å². The molecule has 5 nitrogen and oxygen atoms in total. The number of hydrogen-bond acceptors (Lipinski definition) is 4. The molecule has 1 fully saturated rings. The number of nitrogens with zero attached hydrogens (tertiary/aromatic N) is 1. The number of allylic oxidation sites excluding steroid dienone is 1. The first-order chi connectivity index (χ1) is 8.69. The van der Waals surface area contributed by atoms with Gasteiger partial charge in [0.25, 0.3) is 0 Å². The number of amides is 1. The van der Waals surface area contributed by atoms with Gasteiger partial charge in [0.1, 0.15) is 6.23 Å². The van der Waals surface area contributed by atoms with E-state index in [0.29, 0.717) is 19.6 Å². The molecule has 0 N–H and O–H groups in total. The van der Waals surface area contributed by atoms with E-state index in [2.05, 4.69) is 4.74 Å². The Labute approximate surface area is 108 Å². The molecule has 1 unspecified atom stereocenters. The molecular formula is C13H21NO4. The zero-order valence-electron chi connectivity index (χ0n) is 11.1. The number of carbonyl (C=O) groups excluding carboxylic acids is 2. The largest absolute Gasteiger partial charge is 0.466 e. The predicted molar refractivity (Wildman–Crippen MR) is 66.8 cm³/mol. The smallest absolute Gasteiger partial charge is 0.330 e. The highest BCUT2D eigenvalue weighted by molar-refractivity contribution is 5.81. The molecule has 0 saturated carbocycles. The van der Waals surface area contributed by atoms with Crippen molar-refractivity contribution in [3.8, 4) is 0 Å². The van der Waals surface area contributed by atoms with Gasteiger partial charge in [-0.1, -0.05) is 6.08 Å². The number of unbranched alkanes of at least 4 members (excludes halogenated alkanes) is 1. The Bertz CT molecular complexity index is 314. The molecule has 0 aromatic heterocycles. The van der Waals surface area contributed by atoms with Gasteiger partial charge in [0.2, 0.25) is 5.91 Å². The van der Waals surface area contributed by atoms with E-state index in [1.807, 2.05) is 6.92 Å². The maximum atomic E-state index is 11.6. The average molecular weight is 255 g/mol. The SMILES string of the molecule is CCOC1CCC(=O)N1CCC/C=C/C(=O)OC. The number of esters is 1. The second kappa shape index (κ2) is 7.87. The van der Waals surface area contributed by atoms with E-state index in [9.17, 15) is 9.59 Å². The molecule has 1 atom stereocenters. The first-order valence-corrected chi connectivity index (χ1v) is 6.34. The van der Waals surface area contributed by atoms with Crippen LogP contribution in [0.1, 0.15) is 32.6 Å². The molecule has 0 bridgehead atoms. The Morgan fingerprint density at radius 1 is 1.56 bits per heavy atom. The van der Waals surface area contributed by atoms with Crippen LogP contribution in [0.4, 0.5) is 0 Å². The zero-order valence-corrected chi connectivity index (χ0v) is 11.1. The summed E-state index contributed by atoms with van der Waals surface area (Å²) in [5.74, 6) is -0.190. The summed E-state index contributed by atoms with van der Waals surface area (Å²) in [5.41, 5.74) is 0. The lowest BCUT2D eigenvalue weighted by Crippen LogP contribution is -2.35. The standard InChI is InChI=1S/C13H21NO4/c1-3-18-12-9-8-11(15)14(12)10-6-4-5-7-13(16)17-2/h5,7,12H,3-4,6,8-10H2,1-2H3/b7-5+. The quantitative estimate of drug-likeness (QED) is 0.393. The lowest BCUT2D eigenvalue weighted by Gasteiger charge is -2.24. The van der Waals surface area contributed by atoms with E-state index in [1.165, 1.54) is 13.2 Å². The van der Waals surface area contributed by atoms with Gasteiger partial charge in [-0.15, -0.1) is 0 Å². The maximum Gasteiger partial charge on any atom is 0.330 e. The van der Waals surface area contributed by atoms with Crippen LogP contribution in [0.5, 0.6) is 0 Å². The lowest BCUT2D eigenvalue weighted by molar-refractivity contribution is -0.136. The fourth-order valence-corrected chi connectivity index (χ4v) is 1.97. The summed E-state index contributed by atoms with van der Waals surface area (Å²) in [5, 5.41) is 0. The van der Waals surface area contributed by atoms with E-state index in [4.69, 9.17) is 4.74 Å². The van der Waals surface area contributed by atoms with E-state index >= 15 is 0 Å². The third kappa shape index (κ3) is 4.49. The highest BCUT2D eigenvalue weighted by atomic mass is 16.5. The summed E-state index contributed by atoms with van der Waals surface area (Å²) in [7, 11) is 1.35. The Morgan fingerprint density at radius 3 is 3.00 bits per heavy atom. The molecule has 102 valence electrons. The summed E-state index contributed by atoms with van der Waals surface area (Å²) in [6.07, 6.45) is 6.04. The maximum absolute atomic E-state index is 11.6. The lowest BCUT2D eigenvalue weighted by atomic mass is 10.2. The van der Waals surface area contributed by atoms with Crippen LogP contribution in [0, 0.1) is 0 Å². The molecule has 0 aromatic rings. The zero-order chi connectivity index (χ0) is 13.4. The molecule has 1 aliphatic rings. The van der Waals surface area contributed by atoms with Crippen molar-refractivity contribution in [3.63, 3.8) is 0 Å². The van der Waals surface area contributed by atoms with Gasteiger partial charge in [-0.25, -0.2) is 4.79 Å². The summed E-state index contributed by atoms with van der Waals surface area (Å²) >= 11 is 0. The van der Waals surface area contributed by atoms with Crippen molar-refractivity contribution in [1.82, 2.24) is 4.90 Å². The Morgan fingerprint density at radius 2 is 2.33 bits per heavy atom. The van der Waals surface area contributed by atoms with Crippen LogP contribution in [0.15, 0.2) is 12.2 Å². The molecule has 0 spiro atoms. The van der Waals surface area contributed by atoms with Crippen LogP contribution in [-0.2, 0) is 19.1 Å². The number of methoxy groups -OCH3 is 1.